The van der Waals surface area contributed by atoms with Crippen molar-refractivity contribution in [2.75, 3.05) is 14.2 Å². The van der Waals surface area contributed by atoms with Gasteiger partial charge in [0.05, 0.1) is 25.5 Å². The summed E-state index contributed by atoms with van der Waals surface area (Å²) in [4.78, 5) is 25.6. The normalized spacial score (nSPS) is 10.9. The molecule has 2 aromatic carbocycles. The summed E-state index contributed by atoms with van der Waals surface area (Å²) in [6.07, 6.45) is 3.35. The summed E-state index contributed by atoms with van der Waals surface area (Å²) in [7, 11) is 2.88. The molecule has 0 atom stereocenters. The number of pyridine rings is 1. The molecule has 0 saturated carbocycles. The zero-order chi connectivity index (χ0) is 21.4. The molecule has 2 heterocycles. The molecule has 0 aliphatic carbocycles. The Bertz CT molecular complexity index is 1250. The van der Waals surface area contributed by atoms with Crippen LogP contribution in [0.3, 0.4) is 0 Å². The maximum absolute atomic E-state index is 13.2. The van der Waals surface area contributed by atoms with Crippen LogP contribution >= 0.6 is 0 Å². The number of hydrogen-bond acceptors (Lipinski definition) is 5. The van der Waals surface area contributed by atoms with Gasteiger partial charge < -0.3 is 14.0 Å². The van der Waals surface area contributed by atoms with Crippen molar-refractivity contribution in [3.05, 3.63) is 81.9 Å². The van der Waals surface area contributed by atoms with Crippen LogP contribution in [0, 0.1) is 13.8 Å². The van der Waals surface area contributed by atoms with Crippen LogP contribution in [0.25, 0.3) is 22.6 Å². The number of benzene rings is 2. The highest BCUT2D eigenvalue weighted by Crippen LogP contribution is 2.26. The van der Waals surface area contributed by atoms with Crippen LogP contribution < -0.4 is 10.3 Å². The van der Waals surface area contributed by atoms with Crippen LogP contribution in [0.1, 0.15) is 21.5 Å². The Morgan fingerprint density at radius 2 is 1.60 bits per heavy atom. The number of aryl methyl sites for hydroxylation is 2. The minimum absolute atomic E-state index is 0.221. The lowest BCUT2D eigenvalue weighted by Gasteiger charge is -2.13. The SMILES string of the molecule is COC(=O)c1cn(-c2cc(C)cc(C)c2)cc2c(=O)n(-c3ccc(OC)cc3)nc1-2. The first kappa shape index (κ1) is 19.4. The number of carbonyl (C=O) groups is 1. The molecule has 0 saturated heterocycles. The van der Waals surface area contributed by atoms with E-state index in [1.807, 2.05) is 26.0 Å². The van der Waals surface area contributed by atoms with Crippen molar-refractivity contribution < 1.29 is 14.3 Å². The fourth-order valence-electron chi connectivity index (χ4n) is 3.51. The Morgan fingerprint density at radius 1 is 0.933 bits per heavy atom. The van der Waals surface area contributed by atoms with Crippen molar-refractivity contribution >= 4 is 5.97 Å². The van der Waals surface area contributed by atoms with Crippen LogP contribution in [-0.2, 0) is 4.74 Å². The van der Waals surface area contributed by atoms with Crippen LogP contribution in [0.4, 0.5) is 0 Å². The van der Waals surface area contributed by atoms with Crippen molar-refractivity contribution in [3.63, 3.8) is 0 Å². The zero-order valence-corrected chi connectivity index (χ0v) is 17.2. The van der Waals surface area contributed by atoms with Gasteiger partial charge in [0, 0.05) is 18.1 Å². The molecule has 7 nitrogen and oxygen atoms in total. The molecule has 0 amide bonds. The van der Waals surface area contributed by atoms with Gasteiger partial charge in [-0.05, 0) is 61.4 Å². The number of carbonyl (C=O) groups excluding carboxylic acids is 1. The molecule has 0 aromatic heterocycles. The average Bonchev–Trinajstić information content (AvgIpc) is 3.08. The Kier molecular flexibility index (Phi) is 4.87. The van der Waals surface area contributed by atoms with Gasteiger partial charge in [-0.15, -0.1) is 0 Å². The van der Waals surface area contributed by atoms with E-state index in [1.165, 1.54) is 11.8 Å². The van der Waals surface area contributed by atoms with E-state index in [0.29, 0.717) is 22.7 Å². The first-order chi connectivity index (χ1) is 14.4. The smallest absolute Gasteiger partial charge is 0.341 e. The van der Waals surface area contributed by atoms with Crippen molar-refractivity contribution in [2.24, 2.45) is 0 Å². The van der Waals surface area contributed by atoms with Gasteiger partial charge in [-0.3, -0.25) is 4.79 Å². The summed E-state index contributed by atoms with van der Waals surface area (Å²) in [5.41, 5.74) is 4.10. The molecule has 0 bridgehead atoms. The van der Waals surface area contributed by atoms with E-state index in [4.69, 9.17) is 9.47 Å². The quantitative estimate of drug-likeness (QED) is 0.487. The van der Waals surface area contributed by atoms with Gasteiger partial charge in [0.2, 0.25) is 0 Å². The number of nitrogens with zero attached hydrogens (tertiary/aromatic N) is 3. The monoisotopic (exact) mass is 403 g/mol. The molecular weight excluding hydrogens is 382 g/mol. The Morgan fingerprint density at radius 3 is 2.20 bits per heavy atom. The topological polar surface area (TPSA) is 75.3 Å². The van der Waals surface area contributed by atoms with Gasteiger partial charge in [0.25, 0.3) is 5.56 Å². The third-order valence-electron chi connectivity index (χ3n) is 4.90. The molecule has 30 heavy (non-hydrogen) atoms. The molecule has 4 rings (SSSR count). The van der Waals surface area contributed by atoms with Crippen LogP contribution in [0.2, 0.25) is 0 Å². The molecule has 2 aromatic rings. The summed E-state index contributed by atoms with van der Waals surface area (Å²) in [5.74, 6) is 0.115. The summed E-state index contributed by atoms with van der Waals surface area (Å²) >= 11 is 0. The van der Waals surface area contributed by atoms with Crippen molar-refractivity contribution in [1.29, 1.82) is 0 Å². The third kappa shape index (κ3) is 3.34. The van der Waals surface area contributed by atoms with Gasteiger partial charge in [0.1, 0.15) is 17.0 Å². The fraction of sp³-hybridized carbons (Fsp3) is 0.174. The van der Waals surface area contributed by atoms with E-state index in [9.17, 15) is 9.59 Å². The highest BCUT2D eigenvalue weighted by molar-refractivity contribution is 5.96. The third-order valence-corrected chi connectivity index (χ3v) is 4.90. The minimum atomic E-state index is -0.557. The van der Waals surface area contributed by atoms with Crippen LogP contribution in [0.15, 0.2) is 59.7 Å². The van der Waals surface area contributed by atoms with E-state index >= 15 is 0 Å². The second-order valence-corrected chi connectivity index (χ2v) is 7.09. The summed E-state index contributed by atoms with van der Waals surface area (Å²) in [6, 6.07) is 13.0. The van der Waals surface area contributed by atoms with E-state index in [1.54, 1.807) is 48.3 Å². The number of fused-ring (bicyclic) bond motifs is 1. The highest BCUT2D eigenvalue weighted by atomic mass is 16.5. The number of esters is 1. The number of hydrogen-bond donors (Lipinski definition) is 0. The minimum Gasteiger partial charge on any atom is -0.497 e. The molecule has 2 aliphatic heterocycles. The maximum Gasteiger partial charge on any atom is 0.341 e. The Hall–Kier alpha value is -3.87. The lowest BCUT2D eigenvalue weighted by Crippen LogP contribution is -2.15. The van der Waals surface area contributed by atoms with E-state index in [-0.39, 0.29) is 11.1 Å². The van der Waals surface area contributed by atoms with Gasteiger partial charge in [-0.1, -0.05) is 6.07 Å². The number of aromatic nitrogens is 3. The van der Waals surface area contributed by atoms with Gasteiger partial charge in [-0.2, -0.15) is 9.78 Å². The molecular formula is C23H21N3O4. The second-order valence-electron chi connectivity index (χ2n) is 7.09. The van der Waals surface area contributed by atoms with Gasteiger partial charge in [0.15, 0.2) is 0 Å². The predicted octanol–water partition coefficient (Wildman–Crippen LogP) is 3.54. The van der Waals surface area contributed by atoms with E-state index in [2.05, 4.69) is 11.2 Å². The lowest BCUT2D eigenvalue weighted by atomic mass is 10.1. The van der Waals surface area contributed by atoms with E-state index < -0.39 is 5.97 Å². The van der Waals surface area contributed by atoms with E-state index in [0.717, 1.165) is 16.8 Å². The Labute approximate surface area is 173 Å². The second kappa shape index (κ2) is 7.51. The van der Waals surface area contributed by atoms with Crippen molar-refractivity contribution in [2.45, 2.75) is 13.8 Å². The summed E-state index contributed by atoms with van der Waals surface area (Å²) < 4.78 is 13.2. The molecule has 2 aliphatic rings. The lowest BCUT2D eigenvalue weighted by molar-refractivity contribution is 0.0600. The van der Waals surface area contributed by atoms with Crippen molar-refractivity contribution in [3.8, 4) is 28.4 Å². The van der Waals surface area contributed by atoms with Crippen molar-refractivity contribution in [1.82, 2.24) is 14.3 Å². The molecule has 0 unspecified atom stereocenters. The average molecular weight is 403 g/mol. The largest absolute Gasteiger partial charge is 0.497 e. The molecule has 0 N–H and O–H groups in total. The number of ether oxygens (including phenoxy) is 2. The Balaban J connectivity index is 1.97. The molecule has 0 radical (unpaired) electrons. The fourth-order valence-corrected chi connectivity index (χ4v) is 3.51. The highest BCUT2D eigenvalue weighted by Gasteiger charge is 2.25. The number of methoxy groups -OCH3 is 2. The first-order valence-electron chi connectivity index (χ1n) is 9.37. The molecule has 7 heteroatoms. The zero-order valence-electron chi connectivity index (χ0n) is 17.2. The molecule has 152 valence electrons. The van der Waals surface area contributed by atoms with Gasteiger partial charge >= 0.3 is 5.97 Å². The summed E-state index contributed by atoms with van der Waals surface area (Å²) in [5, 5.41) is 4.43. The van der Waals surface area contributed by atoms with Gasteiger partial charge in [-0.25, -0.2) is 4.79 Å². The molecule has 0 fully saturated rings. The number of rotatable bonds is 4. The standard InChI is InChI=1S/C23H21N3O4/c1-14-9-15(2)11-17(10-14)25-12-19-21(20(13-25)23(28)30-4)24-26(22(19)27)16-5-7-18(29-3)8-6-16/h5-13H,1-4H3. The first-order valence-corrected chi connectivity index (χ1v) is 9.37. The van der Waals surface area contributed by atoms with Crippen LogP contribution in [-0.4, -0.2) is 34.5 Å². The predicted molar refractivity (Wildman–Crippen MR) is 113 cm³/mol. The maximum atomic E-state index is 13.2. The summed E-state index contributed by atoms with van der Waals surface area (Å²) in [6.45, 7) is 4.00. The van der Waals surface area contributed by atoms with Crippen LogP contribution in [0.5, 0.6) is 5.75 Å². The molecule has 0 spiro atoms.